The molecule has 0 aliphatic heterocycles. The molecule has 0 aliphatic rings. The van der Waals surface area contributed by atoms with Crippen molar-refractivity contribution in [2.24, 2.45) is 0 Å². The molecule has 0 aromatic heterocycles. The highest BCUT2D eigenvalue weighted by molar-refractivity contribution is 6.34. The van der Waals surface area contributed by atoms with Gasteiger partial charge in [0.15, 0.2) is 0 Å². The molecule has 0 nitrogen and oxygen atoms in total. The van der Waals surface area contributed by atoms with Crippen molar-refractivity contribution in [1.29, 1.82) is 0 Å². The van der Waals surface area contributed by atoms with Gasteiger partial charge < -0.3 is 0 Å². The Labute approximate surface area is 82.8 Å². The summed E-state index contributed by atoms with van der Waals surface area (Å²) in [7, 11) is 0. The molecule has 0 amide bonds. The smallest absolute Gasteiger partial charge is 0.0423 e. The summed E-state index contributed by atoms with van der Waals surface area (Å²) in [5, 5.41) is 1.34. The summed E-state index contributed by atoms with van der Waals surface area (Å²) in [4.78, 5) is 0. The van der Waals surface area contributed by atoms with Crippen LogP contribution < -0.4 is 0 Å². The van der Waals surface area contributed by atoms with E-state index in [0.29, 0.717) is 16.0 Å². The van der Waals surface area contributed by atoms with Crippen LogP contribution in [0.4, 0.5) is 0 Å². The second kappa shape index (κ2) is 3.97. The third kappa shape index (κ3) is 2.26. The van der Waals surface area contributed by atoms with E-state index in [0.717, 1.165) is 5.56 Å². The summed E-state index contributed by atoms with van der Waals surface area (Å²) in [6.45, 7) is 5.76. The van der Waals surface area contributed by atoms with Gasteiger partial charge in [0, 0.05) is 10.0 Å². The molecule has 1 rings (SSSR count). The summed E-state index contributed by atoms with van der Waals surface area (Å²) >= 11 is 11.7. The third-order valence-electron chi connectivity index (χ3n) is 1.76. The molecule has 0 heterocycles. The minimum Gasteiger partial charge on any atom is -0.102 e. The number of benzene rings is 1. The summed E-state index contributed by atoms with van der Waals surface area (Å²) in [5.74, 6) is 0.293. The van der Waals surface area contributed by atoms with Crippen LogP contribution >= 0.6 is 23.2 Å². The van der Waals surface area contributed by atoms with E-state index in [1.54, 1.807) is 6.07 Å². The van der Waals surface area contributed by atoms with Crippen LogP contribution in [-0.4, -0.2) is 0 Å². The van der Waals surface area contributed by atoms with Crippen LogP contribution in [0.1, 0.15) is 18.4 Å². The molecule has 1 aromatic rings. The van der Waals surface area contributed by atoms with Crippen molar-refractivity contribution in [3.63, 3.8) is 0 Å². The van der Waals surface area contributed by atoms with Crippen LogP contribution in [0.3, 0.4) is 0 Å². The number of rotatable bonds is 2. The SMILES string of the molecule is C=CC(C)c1cc(Cl)cc(Cl)c1. The maximum atomic E-state index is 5.83. The number of hydrogen-bond acceptors (Lipinski definition) is 0. The van der Waals surface area contributed by atoms with Gasteiger partial charge in [-0.25, -0.2) is 0 Å². The highest BCUT2D eigenvalue weighted by Gasteiger charge is 2.02. The van der Waals surface area contributed by atoms with Gasteiger partial charge in [0.2, 0.25) is 0 Å². The average molecular weight is 201 g/mol. The maximum Gasteiger partial charge on any atom is 0.0423 e. The first-order valence-electron chi connectivity index (χ1n) is 3.72. The Morgan fingerprint density at radius 1 is 1.25 bits per heavy atom. The third-order valence-corrected chi connectivity index (χ3v) is 2.20. The molecule has 0 saturated carbocycles. The van der Waals surface area contributed by atoms with Crippen LogP contribution in [0.2, 0.25) is 10.0 Å². The molecule has 64 valence electrons. The summed E-state index contributed by atoms with van der Waals surface area (Å²) in [6, 6.07) is 5.53. The summed E-state index contributed by atoms with van der Waals surface area (Å²) < 4.78 is 0. The van der Waals surface area contributed by atoms with Gasteiger partial charge in [-0.2, -0.15) is 0 Å². The number of allylic oxidation sites excluding steroid dienone is 1. The monoisotopic (exact) mass is 200 g/mol. The normalized spacial score (nSPS) is 12.6. The molecular formula is C10H10Cl2. The lowest BCUT2D eigenvalue weighted by Crippen LogP contribution is -1.87. The Morgan fingerprint density at radius 2 is 1.75 bits per heavy atom. The molecule has 1 unspecified atom stereocenters. The molecule has 0 spiro atoms. The highest BCUT2D eigenvalue weighted by Crippen LogP contribution is 2.24. The number of halogens is 2. The largest absolute Gasteiger partial charge is 0.102 e. The first kappa shape index (κ1) is 9.63. The molecular weight excluding hydrogens is 191 g/mol. The molecule has 1 atom stereocenters. The summed E-state index contributed by atoms with van der Waals surface area (Å²) in [6.07, 6.45) is 1.86. The van der Waals surface area contributed by atoms with Gasteiger partial charge in [0.05, 0.1) is 0 Å². The first-order valence-corrected chi connectivity index (χ1v) is 4.47. The molecule has 1 aromatic carbocycles. The van der Waals surface area contributed by atoms with E-state index in [1.165, 1.54) is 0 Å². The van der Waals surface area contributed by atoms with Crippen molar-refractivity contribution in [3.8, 4) is 0 Å². The Kier molecular flexibility index (Phi) is 3.19. The predicted octanol–water partition coefficient (Wildman–Crippen LogP) is 4.28. The van der Waals surface area contributed by atoms with Crippen molar-refractivity contribution in [2.45, 2.75) is 12.8 Å². The molecule has 2 heteroatoms. The zero-order chi connectivity index (χ0) is 9.14. The fourth-order valence-corrected chi connectivity index (χ4v) is 1.52. The van der Waals surface area contributed by atoms with E-state index in [9.17, 15) is 0 Å². The van der Waals surface area contributed by atoms with E-state index in [-0.39, 0.29) is 0 Å². The van der Waals surface area contributed by atoms with Crippen molar-refractivity contribution < 1.29 is 0 Å². The van der Waals surface area contributed by atoms with Crippen molar-refractivity contribution in [3.05, 3.63) is 46.5 Å². The van der Waals surface area contributed by atoms with E-state index < -0.39 is 0 Å². The van der Waals surface area contributed by atoms with Gasteiger partial charge in [0.25, 0.3) is 0 Å². The van der Waals surface area contributed by atoms with Crippen LogP contribution in [0.5, 0.6) is 0 Å². The Bertz CT molecular complexity index is 272. The molecule has 0 aliphatic carbocycles. The van der Waals surface area contributed by atoms with Crippen LogP contribution in [-0.2, 0) is 0 Å². The van der Waals surface area contributed by atoms with Gasteiger partial charge in [-0.15, -0.1) is 6.58 Å². The molecule has 0 fully saturated rings. The zero-order valence-electron chi connectivity index (χ0n) is 6.85. The lowest BCUT2D eigenvalue weighted by molar-refractivity contribution is 0.971. The van der Waals surface area contributed by atoms with Gasteiger partial charge in [0.1, 0.15) is 0 Å². The topological polar surface area (TPSA) is 0 Å². The average Bonchev–Trinajstić information content (AvgIpc) is 2.01. The van der Waals surface area contributed by atoms with Gasteiger partial charge in [-0.1, -0.05) is 36.2 Å². The van der Waals surface area contributed by atoms with Crippen molar-refractivity contribution in [2.75, 3.05) is 0 Å². The van der Waals surface area contributed by atoms with E-state index in [1.807, 2.05) is 18.2 Å². The minimum absolute atomic E-state index is 0.293. The Morgan fingerprint density at radius 3 is 2.17 bits per heavy atom. The molecule has 0 radical (unpaired) electrons. The fourth-order valence-electron chi connectivity index (χ4n) is 0.974. The lowest BCUT2D eigenvalue weighted by Gasteiger charge is -2.06. The second-order valence-electron chi connectivity index (χ2n) is 2.73. The Hall–Kier alpha value is -0.460. The minimum atomic E-state index is 0.293. The first-order chi connectivity index (χ1) is 5.63. The van der Waals surface area contributed by atoms with Crippen molar-refractivity contribution >= 4 is 23.2 Å². The standard InChI is InChI=1S/C10H10Cl2/c1-3-7(2)8-4-9(11)6-10(12)5-8/h3-7H,1H2,2H3. The molecule has 0 bridgehead atoms. The van der Waals surface area contributed by atoms with Gasteiger partial charge in [-0.3, -0.25) is 0 Å². The van der Waals surface area contributed by atoms with E-state index in [2.05, 4.69) is 13.5 Å². The quantitative estimate of drug-likeness (QED) is 0.626. The van der Waals surface area contributed by atoms with Crippen LogP contribution in [0.25, 0.3) is 0 Å². The van der Waals surface area contributed by atoms with Crippen LogP contribution in [0.15, 0.2) is 30.9 Å². The number of hydrogen-bond donors (Lipinski definition) is 0. The second-order valence-corrected chi connectivity index (χ2v) is 3.60. The maximum absolute atomic E-state index is 5.83. The highest BCUT2D eigenvalue weighted by atomic mass is 35.5. The Balaban J connectivity index is 3.08. The zero-order valence-corrected chi connectivity index (χ0v) is 8.36. The lowest BCUT2D eigenvalue weighted by atomic mass is 10.0. The molecule has 0 saturated heterocycles. The summed E-state index contributed by atoms with van der Waals surface area (Å²) in [5.41, 5.74) is 1.10. The van der Waals surface area contributed by atoms with Crippen molar-refractivity contribution in [1.82, 2.24) is 0 Å². The molecule has 12 heavy (non-hydrogen) atoms. The molecule has 0 N–H and O–H groups in total. The predicted molar refractivity (Wildman–Crippen MR) is 55.1 cm³/mol. The van der Waals surface area contributed by atoms with E-state index >= 15 is 0 Å². The van der Waals surface area contributed by atoms with E-state index in [4.69, 9.17) is 23.2 Å². The van der Waals surface area contributed by atoms with Gasteiger partial charge in [-0.05, 0) is 29.7 Å². The van der Waals surface area contributed by atoms with Gasteiger partial charge >= 0.3 is 0 Å². The van der Waals surface area contributed by atoms with Crippen LogP contribution in [0, 0.1) is 0 Å². The fraction of sp³-hybridized carbons (Fsp3) is 0.200.